The Morgan fingerprint density at radius 1 is 1.22 bits per heavy atom. The molecule has 4 amide bonds. The minimum absolute atomic E-state index is 0.0496. The van der Waals surface area contributed by atoms with E-state index in [-0.39, 0.29) is 18.2 Å². The first-order valence-corrected chi connectivity index (χ1v) is 9.77. The summed E-state index contributed by atoms with van der Waals surface area (Å²) in [4.78, 5) is 43.4. The van der Waals surface area contributed by atoms with E-state index >= 15 is 0 Å². The number of urea groups is 1. The van der Waals surface area contributed by atoms with E-state index in [4.69, 9.17) is 4.52 Å². The molecule has 2 saturated heterocycles. The van der Waals surface area contributed by atoms with E-state index in [2.05, 4.69) is 15.5 Å². The number of piperidine rings is 1. The molecule has 4 rings (SSSR count). The Hall–Kier alpha value is -2.45. The topological polar surface area (TPSA) is 109 Å². The summed E-state index contributed by atoms with van der Waals surface area (Å²) < 4.78 is 5.37. The Morgan fingerprint density at radius 2 is 2.07 bits per heavy atom. The molecule has 0 spiro atoms. The van der Waals surface area contributed by atoms with Crippen molar-refractivity contribution in [3.63, 3.8) is 0 Å². The van der Waals surface area contributed by atoms with Gasteiger partial charge in [-0.05, 0) is 31.6 Å². The van der Waals surface area contributed by atoms with Gasteiger partial charge in [-0.15, -0.1) is 0 Å². The van der Waals surface area contributed by atoms with Crippen molar-refractivity contribution >= 4 is 17.8 Å². The third kappa shape index (κ3) is 4.45. The molecule has 0 aromatic carbocycles. The largest absolute Gasteiger partial charge is 0.342 e. The van der Waals surface area contributed by atoms with Gasteiger partial charge < -0.3 is 14.3 Å². The van der Waals surface area contributed by atoms with E-state index in [0.29, 0.717) is 50.2 Å². The summed E-state index contributed by atoms with van der Waals surface area (Å²) in [5.41, 5.74) is 0. The Morgan fingerprint density at radius 3 is 2.85 bits per heavy atom. The van der Waals surface area contributed by atoms with E-state index in [1.807, 2.05) is 4.90 Å². The second-order valence-electron chi connectivity index (χ2n) is 7.71. The minimum Gasteiger partial charge on any atom is -0.342 e. The Kier molecular flexibility index (Phi) is 5.09. The lowest BCUT2D eigenvalue weighted by molar-refractivity contribution is -0.133. The van der Waals surface area contributed by atoms with Crippen LogP contribution >= 0.6 is 0 Å². The number of nitrogens with one attached hydrogen (secondary N) is 1. The molecule has 1 saturated carbocycles. The van der Waals surface area contributed by atoms with Crippen LogP contribution in [-0.2, 0) is 16.0 Å². The monoisotopic (exact) mass is 375 g/mol. The molecular weight excluding hydrogens is 350 g/mol. The SMILES string of the molecule is O=C1CCN(CCC(=O)N2CCCC(Cc3nc(C4CC4)no3)C2)C(=O)N1. The second-order valence-corrected chi connectivity index (χ2v) is 7.71. The fourth-order valence-corrected chi connectivity index (χ4v) is 3.76. The van der Waals surface area contributed by atoms with Crippen molar-refractivity contribution in [2.24, 2.45) is 5.92 Å². The molecule has 9 nitrogen and oxygen atoms in total. The third-order valence-corrected chi connectivity index (χ3v) is 5.50. The number of rotatable bonds is 6. The van der Waals surface area contributed by atoms with Gasteiger partial charge in [-0.3, -0.25) is 14.9 Å². The summed E-state index contributed by atoms with van der Waals surface area (Å²) >= 11 is 0. The van der Waals surface area contributed by atoms with Gasteiger partial charge in [0.05, 0.1) is 0 Å². The zero-order valence-corrected chi connectivity index (χ0v) is 15.4. The molecule has 1 atom stereocenters. The Bertz CT molecular complexity index is 729. The van der Waals surface area contributed by atoms with Gasteiger partial charge in [-0.25, -0.2) is 4.79 Å². The number of amides is 4. The van der Waals surface area contributed by atoms with Crippen LogP contribution in [0.4, 0.5) is 4.79 Å². The van der Waals surface area contributed by atoms with E-state index in [1.54, 1.807) is 0 Å². The van der Waals surface area contributed by atoms with Crippen LogP contribution in [0.1, 0.15) is 56.2 Å². The van der Waals surface area contributed by atoms with Gasteiger partial charge in [-0.1, -0.05) is 5.16 Å². The summed E-state index contributed by atoms with van der Waals surface area (Å²) in [7, 11) is 0. The Balaban J connectivity index is 1.25. The average molecular weight is 375 g/mol. The average Bonchev–Trinajstić information content (AvgIpc) is 3.41. The molecule has 1 aromatic heterocycles. The number of aromatic nitrogens is 2. The molecule has 3 aliphatic rings. The van der Waals surface area contributed by atoms with Crippen molar-refractivity contribution in [3.05, 3.63) is 11.7 Å². The van der Waals surface area contributed by atoms with Crippen molar-refractivity contribution in [2.75, 3.05) is 26.2 Å². The van der Waals surface area contributed by atoms with Crippen LogP contribution in [0.3, 0.4) is 0 Å². The maximum Gasteiger partial charge on any atom is 0.324 e. The van der Waals surface area contributed by atoms with E-state index in [9.17, 15) is 14.4 Å². The lowest BCUT2D eigenvalue weighted by atomic mass is 9.94. The van der Waals surface area contributed by atoms with Gasteiger partial charge in [0, 0.05) is 51.4 Å². The quantitative estimate of drug-likeness (QED) is 0.796. The van der Waals surface area contributed by atoms with Gasteiger partial charge in [0.15, 0.2) is 5.82 Å². The van der Waals surface area contributed by atoms with Crippen LogP contribution in [0, 0.1) is 5.92 Å². The van der Waals surface area contributed by atoms with Crippen molar-refractivity contribution in [1.29, 1.82) is 0 Å². The molecule has 2 aliphatic heterocycles. The number of hydrogen-bond donors (Lipinski definition) is 1. The number of hydrogen-bond acceptors (Lipinski definition) is 6. The van der Waals surface area contributed by atoms with E-state index in [1.165, 1.54) is 4.90 Å². The van der Waals surface area contributed by atoms with Gasteiger partial charge >= 0.3 is 6.03 Å². The maximum absolute atomic E-state index is 12.6. The Labute approximate surface area is 157 Å². The summed E-state index contributed by atoms with van der Waals surface area (Å²) in [5, 5.41) is 6.34. The molecule has 1 aromatic rings. The predicted molar refractivity (Wildman–Crippen MR) is 93.6 cm³/mol. The zero-order valence-electron chi connectivity index (χ0n) is 15.4. The first-order chi connectivity index (χ1) is 13.1. The number of imide groups is 1. The molecule has 3 heterocycles. The van der Waals surface area contributed by atoms with Crippen LogP contribution in [-0.4, -0.2) is 64.0 Å². The fourth-order valence-electron chi connectivity index (χ4n) is 3.76. The zero-order chi connectivity index (χ0) is 18.8. The summed E-state index contributed by atoms with van der Waals surface area (Å²) in [6.07, 6.45) is 5.57. The molecule has 0 bridgehead atoms. The third-order valence-electron chi connectivity index (χ3n) is 5.50. The van der Waals surface area contributed by atoms with Crippen LogP contribution in [0.2, 0.25) is 0 Å². The highest BCUT2D eigenvalue weighted by Gasteiger charge is 2.30. The van der Waals surface area contributed by atoms with Crippen molar-refractivity contribution < 1.29 is 18.9 Å². The molecule has 1 N–H and O–H groups in total. The molecule has 3 fully saturated rings. The summed E-state index contributed by atoms with van der Waals surface area (Å²) in [6.45, 7) is 2.15. The van der Waals surface area contributed by atoms with Crippen LogP contribution in [0.15, 0.2) is 4.52 Å². The minimum atomic E-state index is -0.404. The van der Waals surface area contributed by atoms with Crippen molar-refractivity contribution in [3.8, 4) is 0 Å². The first kappa shape index (κ1) is 17.9. The van der Waals surface area contributed by atoms with E-state index < -0.39 is 6.03 Å². The highest BCUT2D eigenvalue weighted by Crippen LogP contribution is 2.38. The van der Waals surface area contributed by atoms with Gasteiger partial charge in [0.1, 0.15) is 0 Å². The number of nitrogens with zero attached hydrogens (tertiary/aromatic N) is 4. The molecule has 1 unspecified atom stereocenters. The summed E-state index contributed by atoms with van der Waals surface area (Å²) in [5.74, 6) is 2.10. The highest BCUT2D eigenvalue weighted by atomic mass is 16.5. The van der Waals surface area contributed by atoms with Crippen LogP contribution < -0.4 is 5.32 Å². The molecule has 1 aliphatic carbocycles. The molecule has 27 heavy (non-hydrogen) atoms. The number of carbonyl (C=O) groups is 3. The van der Waals surface area contributed by atoms with Crippen molar-refractivity contribution in [2.45, 2.75) is 50.9 Å². The van der Waals surface area contributed by atoms with Gasteiger partial charge in [0.2, 0.25) is 17.7 Å². The first-order valence-electron chi connectivity index (χ1n) is 9.77. The number of likely N-dealkylation sites (tertiary alicyclic amines) is 1. The lowest BCUT2D eigenvalue weighted by Gasteiger charge is -2.33. The molecular formula is C18H25N5O4. The van der Waals surface area contributed by atoms with Crippen LogP contribution in [0.25, 0.3) is 0 Å². The van der Waals surface area contributed by atoms with E-state index in [0.717, 1.165) is 38.1 Å². The highest BCUT2D eigenvalue weighted by molar-refractivity contribution is 5.96. The van der Waals surface area contributed by atoms with Gasteiger partial charge in [0.25, 0.3) is 0 Å². The molecule has 0 radical (unpaired) electrons. The molecule has 146 valence electrons. The second kappa shape index (κ2) is 7.66. The van der Waals surface area contributed by atoms with Crippen molar-refractivity contribution in [1.82, 2.24) is 25.3 Å². The lowest BCUT2D eigenvalue weighted by Crippen LogP contribution is -2.50. The molecule has 9 heteroatoms. The fraction of sp³-hybridized carbons (Fsp3) is 0.722. The normalized spacial score (nSPS) is 23.5. The number of carbonyl (C=O) groups excluding carboxylic acids is 3. The summed E-state index contributed by atoms with van der Waals surface area (Å²) in [6, 6.07) is -0.404. The van der Waals surface area contributed by atoms with Crippen LogP contribution in [0.5, 0.6) is 0 Å². The standard InChI is InChI=1S/C18H25N5O4/c24-14-5-8-22(18(26)19-14)9-6-16(25)23-7-1-2-12(11-23)10-15-20-17(21-27-15)13-3-4-13/h12-13H,1-11H2,(H,19,24,26). The predicted octanol–water partition coefficient (Wildman–Crippen LogP) is 1.06. The smallest absolute Gasteiger partial charge is 0.324 e. The van der Waals surface area contributed by atoms with Gasteiger partial charge in [-0.2, -0.15) is 4.98 Å². The maximum atomic E-state index is 12.6.